The normalized spacial score (nSPS) is 18.9. The maximum Gasteiger partial charge on any atom is 0.227 e. The highest BCUT2D eigenvalue weighted by molar-refractivity contribution is 6.33. The number of methoxy groups -OCH3 is 1. The third-order valence-corrected chi connectivity index (χ3v) is 3.19. The van der Waals surface area contributed by atoms with E-state index < -0.39 is 0 Å². The molecule has 0 saturated carbocycles. The van der Waals surface area contributed by atoms with Gasteiger partial charge in [0, 0.05) is 19.2 Å². The zero-order valence-corrected chi connectivity index (χ0v) is 11.5. The van der Waals surface area contributed by atoms with Gasteiger partial charge in [0.15, 0.2) is 0 Å². The molecular weight excluding hydrogens is 268 g/mol. The van der Waals surface area contributed by atoms with Gasteiger partial charge < -0.3 is 20.1 Å². The van der Waals surface area contributed by atoms with Gasteiger partial charge in [-0.25, -0.2) is 0 Å². The molecule has 19 heavy (non-hydrogen) atoms. The second-order valence-corrected chi connectivity index (χ2v) is 4.70. The zero-order valence-electron chi connectivity index (χ0n) is 10.7. The molecule has 1 aliphatic rings. The van der Waals surface area contributed by atoms with Gasteiger partial charge in [0.1, 0.15) is 5.75 Å². The standard InChI is InChI=1S/C13H17ClN2O3/c1-18-9-2-3-11(14)12(6-9)16-13(17)7-10-8-15-4-5-19-10/h2-3,6,10,15H,4-5,7-8H2,1H3,(H,16,17). The lowest BCUT2D eigenvalue weighted by Gasteiger charge is -2.23. The average molecular weight is 285 g/mol. The first-order valence-corrected chi connectivity index (χ1v) is 6.52. The minimum Gasteiger partial charge on any atom is -0.497 e. The molecule has 1 saturated heterocycles. The minimum absolute atomic E-state index is 0.0851. The summed E-state index contributed by atoms with van der Waals surface area (Å²) in [6.45, 7) is 2.16. The molecule has 1 unspecified atom stereocenters. The third-order valence-electron chi connectivity index (χ3n) is 2.87. The average Bonchev–Trinajstić information content (AvgIpc) is 2.42. The van der Waals surface area contributed by atoms with Crippen LogP contribution in [0.2, 0.25) is 5.02 Å². The number of hydrogen-bond donors (Lipinski definition) is 2. The van der Waals surface area contributed by atoms with Crippen LogP contribution in [0.1, 0.15) is 6.42 Å². The van der Waals surface area contributed by atoms with Gasteiger partial charge in [-0.15, -0.1) is 0 Å². The van der Waals surface area contributed by atoms with E-state index in [0.29, 0.717) is 36.0 Å². The Morgan fingerprint density at radius 2 is 2.47 bits per heavy atom. The van der Waals surface area contributed by atoms with Crippen LogP contribution in [0.25, 0.3) is 0 Å². The summed E-state index contributed by atoms with van der Waals surface area (Å²) in [5.74, 6) is 0.527. The van der Waals surface area contributed by atoms with Crippen molar-refractivity contribution >= 4 is 23.2 Å². The van der Waals surface area contributed by atoms with Crippen LogP contribution >= 0.6 is 11.6 Å². The number of halogens is 1. The quantitative estimate of drug-likeness (QED) is 0.883. The van der Waals surface area contributed by atoms with Gasteiger partial charge in [-0.2, -0.15) is 0 Å². The van der Waals surface area contributed by atoms with Crippen molar-refractivity contribution in [1.82, 2.24) is 5.32 Å². The van der Waals surface area contributed by atoms with Crippen molar-refractivity contribution < 1.29 is 14.3 Å². The predicted octanol–water partition coefficient (Wildman–Crippen LogP) is 1.67. The summed E-state index contributed by atoms with van der Waals surface area (Å²) in [4.78, 5) is 11.9. The van der Waals surface area contributed by atoms with Crippen LogP contribution in [0, 0.1) is 0 Å². The summed E-state index contributed by atoms with van der Waals surface area (Å²) in [5, 5.41) is 6.44. The van der Waals surface area contributed by atoms with Crippen LogP contribution in [-0.4, -0.2) is 38.8 Å². The lowest BCUT2D eigenvalue weighted by atomic mass is 10.2. The van der Waals surface area contributed by atoms with E-state index in [1.165, 1.54) is 0 Å². The molecule has 2 N–H and O–H groups in total. The van der Waals surface area contributed by atoms with Gasteiger partial charge in [-0.05, 0) is 12.1 Å². The van der Waals surface area contributed by atoms with Gasteiger partial charge in [-0.1, -0.05) is 11.6 Å². The molecule has 104 valence electrons. The van der Waals surface area contributed by atoms with Crippen LogP contribution in [0.15, 0.2) is 18.2 Å². The number of ether oxygens (including phenoxy) is 2. The minimum atomic E-state index is -0.121. The Hall–Kier alpha value is -1.30. The van der Waals surface area contributed by atoms with Gasteiger partial charge in [0.2, 0.25) is 5.91 Å². The molecular formula is C13H17ClN2O3. The summed E-state index contributed by atoms with van der Waals surface area (Å²) in [5.41, 5.74) is 0.551. The Morgan fingerprint density at radius 3 is 3.16 bits per heavy atom. The third kappa shape index (κ3) is 4.09. The number of carbonyl (C=O) groups excluding carboxylic acids is 1. The molecule has 1 aromatic carbocycles. The van der Waals surface area contributed by atoms with Crippen LogP contribution in [0.4, 0.5) is 5.69 Å². The van der Waals surface area contributed by atoms with E-state index in [1.54, 1.807) is 25.3 Å². The van der Waals surface area contributed by atoms with Gasteiger partial charge in [0.05, 0.1) is 37.0 Å². The monoisotopic (exact) mass is 284 g/mol. The SMILES string of the molecule is COc1ccc(Cl)c(NC(=O)CC2CNCCO2)c1. The fourth-order valence-electron chi connectivity index (χ4n) is 1.89. The van der Waals surface area contributed by atoms with E-state index in [9.17, 15) is 4.79 Å². The summed E-state index contributed by atoms with van der Waals surface area (Å²) >= 11 is 6.03. The van der Waals surface area contributed by atoms with Crippen molar-refractivity contribution in [3.8, 4) is 5.75 Å². The first-order chi connectivity index (χ1) is 9.19. The number of morpholine rings is 1. The molecule has 1 atom stereocenters. The lowest BCUT2D eigenvalue weighted by molar-refractivity contribution is -0.119. The Morgan fingerprint density at radius 1 is 1.63 bits per heavy atom. The van der Waals surface area contributed by atoms with Crippen molar-refractivity contribution in [3.05, 3.63) is 23.2 Å². The molecule has 1 heterocycles. The molecule has 6 heteroatoms. The van der Waals surface area contributed by atoms with Crippen molar-refractivity contribution in [1.29, 1.82) is 0 Å². The fourth-order valence-corrected chi connectivity index (χ4v) is 2.05. The van der Waals surface area contributed by atoms with Gasteiger partial charge >= 0.3 is 0 Å². The topological polar surface area (TPSA) is 59.6 Å². The number of nitrogens with one attached hydrogen (secondary N) is 2. The Balaban J connectivity index is 1.94. The van der Waals surface area contributed by atoms with Gasteiger partial charge in [-0.3, -0.25) is 4.79 Å². The molecule has 1 aromatic rings. The van der Waals surface area contributed by atoms with Crippen molar-refractivity contribution in [2.75, 3.05) is 32.1 Å². The highest BCUT2D eigenvalue weighted by Gasteiger charge is 2.18. The first kappa shape index (κ1) is 14.1. The number of anilines is 1. The number of amides is 1. The summed E-state index contributed by atoms with van der Waals surface area (Å²) in [6, 6.07) is 5.13. The lowest BCUT2D eigenvalue weighted by Crippen LogP contribution is -2.40. The second kappa shape index (κ2) is 6.75. The zero-order chi connectivity index (χ0) is 13.7. The number of hydrogen-bond acceptors (Lipinski definition) is 4. The van der Waals surface area contributed by atoms with Crippen LogP contribution in [0.3, 0.4) is 0 Å². The number of rotatable bonds is 4. The molecule has 5 nitrogen and oxygen atoms in total. The van der Waals surface area contributed by atoms with Crippen LogP contribution in [0.5, 0.6) is 5.75 Å². The predicted molar refractivity (Wildman–Crippen MR) is 73.9 cm³/mol. The Kier molecular flexibility index (Phi) is 5.01. The van der Waals surface area contributed by atoms with E-state index >= 15 is 0 Å². The van der Waals surface area contributed by atoms with Crippen molar-refractivity contribution in [2.45, 2.75) is 12.5 Å². The Bertz CT molecular complexity index is 448. The highest BCUT2D eigenvalue weighted by atomic mass is 35.5. The highest BCUT2D eigenvalue weighted by Crippen LogP contribution is 2.26. The smallest absolute Gasteiger partial charge is 0.227 e. The molecule has 1 amide bonds. The fraction of sp³-hybridized carbons (Fsp3) is 0.462. The van der Waals surface area contributed by atoms with E-state index in [4.69, 9.17) is 21.1 Å². The summed E-state index contributed by atoms with van der Waals surface area (Å²) in [7, 11) is 1.57. The molecule has 0 spiro atoms. The van der Waals surface area contributed by atoms with E-state index in [2.05, 4.69) is 10.6 Å². The van der Waals surface area contributed by atoms with Gasteiger partial charge in [0.25, 0.3) is 0 Å². The second-order valence-electron chi connectivity index (χ2n) is 4.30. The largest absolute Gasteiger partial charge is 0.497 e. The van der Waals surface area contributed by atoms with E-state index in [1.807, 2.05) is 0 Å². The molecule has 0 aromatic heterocycles. The number of carbonyl (C=O) groups is 1. The van der Waals surface area contributed by atoms with Crippen molar-refractivity contribution in [3.63, 3.8) is 0 Å². The van der Waals surface area contributed by atoms with Crippen LogP contribution in [-0.2, 0) is 9.53 Å². The maximum atomic E-state index is 11.9. The summed E-state index contributed by atoms with van der Waals surface area (Å²) < 4.78 is 10.6. The summed E-state index contributed by atoms with van der Waals surface area (Å²) in [6.07, 6.45) is 0.221. The first-order valence-electron chi connectivity index (χ1n) is 6.15. The van der Waals surface area contributed by atoms with E-state index in [-0.39, 0.29) is 12.0 Å². The van der Waals surface area contributed by atoms with Crippen LogP contribution < -0.4 is 15.4 Å². The van der Waals surface area contributed by atoms with Crippen molar-refractivity contribution in [2.24, 2.45) is 0 Å². The number of benzene rings is 1. The molecule has 2 rings (SSSR count). The molecule has 1 aliphatic heterocycles. The molecule has 0 radical (unpaired) electrons. The molecule has 0 aliphatic carbocycles. The Labute approximate surface area is 117 Å². The maximum absolute atomic E-state index is 11.9. The molecule has 0 bridgehead atoms. The molecule has 1 fully saturated rings. The van der Waals surface area contributed by atoms with E-state index in [0.717, 1.165) is 6.54 Å².